The van der Waals surface area contributed by atoms with Crippen molar-refractivity contribution in [2.24, 2.45) is 0 Å². The number of carbonyl (C=O) groups is 2. The van der Waals surface area contributed by atoms with Crippen LogP contribution in [-0.4, -0.2) is 42.7 Å². The number of aliphatic carboxylic acids is 1. The molecule has 0 spiro atoms. The van der Waals surface area contributed by atoms with Crippen LogP contribution in [0, 0.1) is 6.92 Å². The molecule has 0 aliphatic carbocycles. The lowest BCUT2D eigenvalue weighted by Crippen LogP contribution is -2.52. The summed E-state index contributed by atoms with van der Waals surface area (Å²) in [6.07, 6.45) is 0.271. The summed E-state index contributed by atoms with van der Waals surface area (Å²) < 4.78 is 0. The van der Waals surface area contributed by atoms with Crippen molar-refractivity contribution in [3.63, 3.8) is 0 Å². The summed E-state index contributed by atoms with van der Waals surface area (Å²) in [7, 11) is 0. The Morgan fingerprint density at radius 2 is 1.96 bits per heavy atom. The van der Waals surface area contributed by atoms with Crippen LogP contribution in [0.15, 0.2) is 24.3 Å². The second-order valence-corrected chi connectivity index (χ2v) is 5.55. The standard InChI is InChI=1S/C15H19N5O3/c1-4-15(3,14(22)23)16-12(21)9-20-18-13(17-19-20)11-7-5-10(2)6-8-11/h5-8H,4,9H2,1-3H3,(H,16,21)(H,22,23). The molecule has 0 saturated carbocycles. The minimum Gasteiger partial charge on any atom is -0.480 e. The van der Waals surface area contributed by atoms with Crippen LogP contribution in [0.25, 0.3) is 11.4 Å². The van der Waals surface area contributed by atoms with Crippen LogP contribution in [0.4, 0.5) is 0 Å². The van der Waals surface area contributed by atoms with Gasteiger partial charge in [0.1, 0.15) is 12.1 Å². The second kappa shape index (κ2) is 6.55. The van der Waals surface area contributed by atoms with Crippen LogP contribution in [0.1, 0.15) is 25.8 Å². The number of benzene rings is 1. The van der Waals surface area contributed by atoms with Crippen LogP contribution >= 0.6 is 0 Å². The van der Waals surface area contributed by atoms with Gasteiger partial charge in [-0.05, 0) is 25.5 Å². The van der Waals surface area contributed by atoms with E-state index in [0.717, 1.165) is 15.9 Å². The van der Waals surface area contributed by atoms with E-state index in [-0.39, 0.29) is 13.0 Å². The normalized spacial score (nSPS) is 13.3. The highest BCUT2D eigenvalue weighted by atomic mass is 16.4. The zero-order valence-corrected chi connectivity index (χ0v) is 13.3. The lowest BCUT2D eigenvalue weighted by molar-refractivity contribution is -0.147. The molecule has 122 valence electrons. The molecule has 2 N–H and O–H groups in total. The van der Waals surface area contributed by atoms with Crippen LogP contribution in [0.2, 0.25) is 0 Å². The van der Waals surface area contributed by atoms with Crippen LogP contribution in [0.5, 0.6) is 0 Å². The van der Waals surface area contributed by atoms with Crippen molar-refractivity contribution in [2.45, 2.75) is 39.3 Å². The Labute approximate surface area is 133 Å². The van der Waals surface area contributed by atoms with Gasteiger partial charge >= 0.3 is 5.97 Å². The SMILES string of the molecule is CCC(C)(NC(=O)Cn1nnc(-c2ccc(C)cc2)n1)C(=O)O. The number of hydrogen-bond donors (Lipinski definition) is 2. The fraction of sp³-hybridized carbons (Fsp3) is 0.400. The molecule has 8 heteroatoms. The van der Waals surface area contributed by atoms with Crippen LogP contribution < -0.4 is 5.32 Å². The lowest BCUT2D eigenvalue weighted by atomic mass is 9.99. The monoisotopic (exact) mass is 317 g/mol. The van der Waals surface area contributed by atoms with Crippen LogP contribution in [0.3, 0.4) is 0 Å². The van der Waals surface area contributed by atoms with Gasteiger partial charge in [-0.2, -0.15) is 4.80 Å². The minimum atomic E-state index is -1.31. The summed E-state index contributed by atoms with van der Waals surface area (Å²) in [5.74, 6) is -1.15. The van der Waals surface area contributed by atoms with Crippen molar-refractivity contribution in [1.82, 2.24) is 25.5 Å². The molecule has 0 saturated heterocycles. The Morgan fingerprint density at radius 3 is 2.52 bits per heavy atom. The molecular formula is C15H19N5O3. The number of carbonyl (C=O) groups excluding carboxylic acids is 1. The molecule has 2 rings (SSSR count). The highest BCUT2D eigenvalue weighted by Crippen LogP contribution is 2.14. The van der Waals surface area contributed by atoms with E-state index >= 15 is 0 Å². The van der Waals surface area contributed by atoms with E-state index in [0.29, 0.717) is 5.82 Å². The number of amides is 1. The van der Waals surface area contributed by atoms with Gasteiger partial charge in [-0.25, -0.2) is 4.79 Å². The van der Waals surface area contributed by atoms with Gasteiger partial charge in [0.25, 0.3) is 0 Å². The summed E-state index contributed by atoms with van der Waals surface area (Å²) in [5.41, 5.74) is 0.608. The average Bonchev–Trinajstić information content (AvgIpc) is 2.95. The Bertz CT molecular complexity index is 710. The Hall–Kier alpha value is -2.77. The van der Waals surface area contributed by atoms with Crippen molar-refractivity contribution in [3.8, 4) is 11.4 Å². The molecule has 1 atom stereocenters. The maximum absolute atomic E-state index is 12.0. The second-order valence-electron chi connectivity index (χ2n) is 5.55. The summed E-state index contributed by atoms with van der Waals surface area (Å²) in [5, 5.41) is 23.5. The van der Waals surface area contributed by atoms with Gasteiger partial charge in [-0.1, -0.05) is 36.8 Å². The van der Waals surface area contributed by atoms with E-state index in [1.54, 1.807) is 6.92 Å². The maximum Gasteiger partial charge on any atom is 0.329 e. The van der Waals surface area contributed by atoms with E-state index in [4.69, 9.17) is 5.11 Å². The Kier molecular flexibility index (Phi) is 4.73. The van der Waals surface area contributed by atoms with Crippen LogP contribution in [-0.2, 0) is 16.1 Å². The quantitative estimate of drug-likeness (QED) is 0.823. The van der Waals surface area contributed by atoms with Gasteiger partial charge in [0.05, 0.1) is 0 Å². The first-order chi connectivity index (χ1) is 10.8. The Morgan fingerprint density at radius 1 is 1.30 bits per heavy atom. The zero-order valence-electron chi connectivity index (χ0n) is 13.3. The predicted octanol–water partition coefficient (Wildman–Crippen LogP) is 1.02. The van der Waals surface area contributed by atoms with Crippen molar-refractivity contribution in [2.75, 3.05) is 0 Å². The molecule has 0 fully saturated rings. The fourth-order valence-electron chi connectivity index (χ4n) is 1.90. The molecule has 1 aromatic heterocycles. The molecule has 0 bridgehead atoms. The minimum absolute atomic E-state index is 0.193. The first-order valence-corrected chi connectivity index (χ1v) is 7.23. The topological polar surface area (TPSA) is 110 Å². The zero-order chi connectivity index (χ0) is 17.0. The lowest BCUT2D eigenvalue weighted by Gasteiger charge is -2.24. The largest absolute Gasteiger partial charge is 0.480 e. The first-order valence-electron chi connectivity index (χ1n) is 7.23. The number of aromatic nitrogens is 4. The summed E-state index contributed by atoms with van der Waals surface area (Å²) in [6.45, 7) is 4.94. The fourth-order valence-corrected chi connectivity index (χ4v) is 1.90. The van der Waals surface area contributed by atoms with Gasteiger partial charge < -0.3 is 10.4 Å². The van der Waals surface area contributed by atoms with Gasteiger partial charge in [0, 0.05) is 5.56 Å². The van der Waals surface area contributed by atoms with E-state index in [9.17, 15) is 9.59 Å². The average molecular weight is 317 g/mol. The van der Waals surface area contributed by atoms with Crippen molar-refractivity contribution >= 4 is 11.9 Å². The number of tetrazole rings is 1. The third kappa shape index (κ3) is 3.91. The number of carboxylic acid groups (broad SMARTS) is 1. The van der Waals surface area contributed by atoms with Gasteiger partial charge in [0.15, 0.2) is 0 Å². The van der Waals surface area contributed by atoms with Gasteiger partial charge in [-0.3, -0.25) is 4.79 Å². The molecule has 2 aromatic rings. The number of nitrogens with zero attached hydrogens (tertiary/aromatic N) is 4. The number of carboxylic acids is 1. The smallest absolute Gasteiger partial charge is 0.329 e. The summed E-state index contributed by atoms with van der Waals surface area (Å²) >= 11 is 0. The van der Waals surface area contributed by atoms with Crippen molar-refractivity contribution in [1.29, 1.82) is 0 Å². The number of rotatable bonds is 6. The Balaban J connectivity index is 2.05. The third-order valence-corrected chi connectivity index (χ3v) is 3.64. The number of aryl methyl sites for hydroxylation is 1. The molecule has 1 heterocycles. The maximum atomic E-state index is 12.0. The summed E-state index contributed by atoms with van der Waals surface area (Å²) in [6, 6.07) is 7.61. The first kappa shape index (κ1) is 16.6. The third-order valence-electron chi connectivity index (χ3n) is 3.64. The van der Waals surface area contributed by atoms with Gasteiger partial charge in [-0.15, -0.1) is 10.2 Å². The molecular weight excluding hydrogens is 298 g/mol. The van der Waals surface area contributed by atoms with Gasteiger partial charge in [0.2, 0.25) is 11.7 Å². The molecule has 0 aliphatic rings. The summed E-state index contributed by atoms with van der Waals surface area (Å²) in [4.78, 5) is 24.3. The molecule has 8 nitrogen and oxygen atoms in total. The van der Waals surface area contributed by atoms with E-state index in [1.165, 1.54) is 6.92 Å². The highest BCUT2D eigenvalue weighted by Gasteiger charge is 2.32. The molecule has 0 aliphatic heterocycles. The van der Waals surface area contributed by atoms with E-state index in [2.05, 4.69) is 20.7 Å². The molecule has 1 aromatic carbocycles. The van der Waals surface area contributed by atoms with E-state index < -0.39 is 17.4 Å². The van der Waals surface area contributed by atoms with Crippen molar-refractivity contribution < 1.29 is 14.7 Å². The molecule has 1 amide bonds. The molecule has 1 unspecified atom stereocenters. The van der Waals surface area contributed by atoms with E-state index in [1.807, 2.05) is 31.2 Å². The highest BCUT2D eigenvalue weighted by molar-refractivity contribution is 5.86. The molecule has 23 heavy (non-hydrogen) atoms. The van der Waals surface area contributed by atoms with Crippen molar-refractivity contribution in [3.05, 3.63) is 29.8 Å². The molecule has 0 radical (unpaired) electrons. The number of nitrogens with one attached hydrogen (secondary N) is 1. The number of hydrogen-bond acceptors (Lipinski definition) is 5. The predicted molar refractivity (Wildman–Crippen MR) is 82.5 cm³/mol.